The highest BCUT2D eigenvalue weighted by Gasteiger charge is 2.34. The van der Waals surface area contributed by atoms with Crippen molar-refractivity contribution in [3.63, 3.8) is 0 Å². The van der Waals surface area contributed by atoms with Crippen molar-refractivity contribution in [2.45, 2.75) is 39.3 Å². The maximum absolute atomic E-state index is 13.2. The summed E-state index contributed by atoms with van der Waals surface area (Å²) in [7, 11) is -1.19. The average Bonchev–Trinajstić information content (AvgIpc) is 3.31. The van der Waals surface area contributed by atoms with Crippen LogP contribution in [0.4, 0.5) is 0 Å². The van der Waals surface area contributed by atoms with E-state index < -0.39 is 17.0 Å². The Morgan fingerprint density at radius 3 is 2.67 bits per heavy atom. The molecular weight excluding hydrogens is 470 g/mol. The maximum Gasteiger partial charge on any atom is 0.239 e. The molecule has 36 heavy (non-hydrogen) atoms. The lowest BCUT2D eigenvalue weighted by Crippen LogP contribution is -2.59. The van der Waals surface area contributed by atoms with Crippen LogP contribution in [-0.4, -0.2) is 73.9 Å². The summed E-state index contributed by atoms with van der Waals surface area (Å²) in [6.45, 7) is 8.67. The third-order valence-corrected chi connectivity index (χ3v) is 8.43. The Bertz CT molecular complexity index is 1090. The Morgan fingerprint density at radius 2 is 1.92 bits per heavy atom. The van der Waals surface area contributed by atoms with Crippen LogP contribution in [0.25, 0.3) is 0 Å². The number of allylic oxidation sites excluding steroid dienone is 4. The number of aromatic nitrogens is 2. The van der Waals surface area contributed by atoms with E-state index in [2.05, 4.69) is 82.2 Å². The number of nitrogens with zero attached hydrogens (tertiary/aromatic N) is 4. The summed E-state index contributed by atoms with van der Waals surface area (Å²) < 4.78 is 16.4. The molecule has 1 N–H and O–H groups in total. The fraction of sp³-hybridized carbons (Fsp3) is 0.500. The fourth-order valence-electron chi connectivity index (χ4n) is 4.96. The van der Waals surface area contributed by atoms with Gasteiger partial charge in [-0.1, -0.05) is 61.1 Å². The van der Waals surface area contributed by atoms with Crippen molar-refractivity contribution in [2.24, 2.45) is 11.8 Å². The third kappa shape index (κ3) is 7.02. The molecule has 7 nitrogen and oxygen atoms in total. The Kier molecular flexibility index (Phi) is 9.29. The van der Waals surface area contributed by atoms with Gasteiger partial charge in [0.05, 0.1) is 17.3 Å². The molecule has 4 atom stereocenters. The number of piperazine rings is 1. The zero-order valence-electron chi connectivity index (χ0n) is 21.7. The zero-order valence-corrected chi connectivity index (χ0v) is 22.5. The number of rotatable bonds is 10. The molecule has 1 amide bonds. The topological polar surface area (TPSA) is 70.5 Å². The molecule has 2 aliphatic rings. The predicted octanol–water partition coefficient (Wildman–Crippen LogP) is 2.75. The Morgan fingerprint density at radius 1 is 1.14 bits per heavy atom. The minimum atomic E-state index is -1.19. The lowest BCUT2D eigenvalue weighted by Gasteiger charge is -2.39. The van der Waals surface area contributed by atoms with E-state index in [0.29, 0.717) is 37.9 Å². The second kappa shape index (κ2) is 12.6. The first kappa shape index (κ1) is 26.5. The van der Waals surface area contributed by atoms with Crippen molar-refractivity contribution >= 4 is 16.9 Å². The molecule has 8 heteroatoms. The van der Waals surface area contributed by atoms with Gasteiger partial charge < -0.3 is 9.88 Å². The van der Waals surface area contributed by atoms with Gasteiger partial charge in [0.1, 0.15) is 6.04 Å². The largest absolute Gasteiger partial charge is 0.354 e. The highest BCUT2D eigenvalue weighted by Crippen LogP contribution is 2.21. The molecule has 1 saturated heterocycles. The molecule has 2 aromatic rings. The van der Waals surface area contributed by atoms with Crippen LogP contribution in [0.2, 0.25) is 0 Å². The average molecular weight is 510 g/mol. The van der Waals surface area contributed by atoms with Gasteiger partial charge >= 0.3 is 0 Å². The van der Waals surface area contributed by atoms with Crippen molar-refractivity contribution in [1.82, 2.24) is 24.1 Å². The van der Waals surface area contributed by atoms with Gasteiger partial charge in [0.15, 0.2) is 0 Å². The lowest BCUT2D eigenvalue weighted by molar-refractivity contribution is -0.126. The summed E-state index contributed by atoms with van der Waals surface area (Å²) in [4.78, 5) is 19.9. The monoisotopic (exact) mass is 509 g/mol. The number of carbonyl (C=O) groups is 1. The Labute approximate surface area is 217 Å². The minimum Gasteiger partial charge on any atom is -0.354 e. The number of carbonyl (C=O) groups excluding carboxylic acids is 1. The smallest absolute Gasteiger partial charge is 0.239 e. The summed E-state index contributed by atoms with van der Waals surface area (Å²) in [5.74, 6) is 0.884. The van der Waals surface area contributed by atoms with Gasteiger partial charge in [-0.3, -0.25) is 9.69 Å². The number of imidazole rings is 1. The van der Waals surface area contributed by atoms with Crippen LogP contribution in [0.15, 0.2) is 61.1 Å². The molecule has 1 aliphatic carbocycles. The first-order valence-electron chi connectivity index (χ1n) is 12.9. The molecule has 0 spiro atoms. The molecule has 0 radical (unpaired) electrons. The van der Waals surface area contributed by atoms with Crippen LogP contribution in [0.3, 0.4) is 0 Å². The number of aryl methyl sites for hydroxylation is 1. The Hall–Kier alpha value is -2.55. The van der Waals surface area contributed by atoms with Crippen LogP contribution in [-0.2, 0) is 35.2 Å². The molecule has 2 heterocycles. The van der Waals surface area contributed by atoms with Gasteiger partial charge in [0.2, 0.25) is 5.91 Å². The van der Waals surface area contributed by atoms with E-state index in [9.17, 15) is 9.00 Å². The second-order valence-electron chi connectivity index (χ2n) is 9.99. The van der Waals surface area contributed by atoms with E-state index in [1.807, 2.05) is 16.8 Å². The SMILES string of the molecule is Cc1ccc(CCN2CCN(S(C)=O)C(C(=O)NCCc3cncn3CC3C=CC=CC3C)C2)cc1. The number of hydrogen-bond donors (Lipinski definition) is 1. The van der Waals surface area contributed by atoms with Crippen molar-refractivity contribution < 1.29 is 9.00 Å². The number of nitrogens with one attached hydrogen (secondary N) is 1. The summed E-state index contributed by atoms with van der Waals surface area (Å²) >= 11 is 0. The molecule has 1 fully saturated rings. The number of hydrogen-bond acceptors (Lipinski definition) is 4. The number of amides is 1. The third-order valence-electron chi connectivity index (χ3n) is 7.33. The lowest BCUT2D eigenvalue weighted by atomic mass is 9.90. The standard InChI is InChI=1S/C28H39N5O2S/c1-22-8-10-24(11-9-22)13-15-31-16-17-33(36(3)35)27(20-31)28(34)30-14-12-26-18-29-21-32(26)19-25-7-5-4-6-23(25)2/h4-11,18,21,23,25,27H,12-17,19-20H2,1-3H3,(H,30,34). The van der Waals surface area contributed by atoms with Crippen LogP contribution >= 0.6 is 0 Å². The van der Waals surface area contributed by atoms with E-state index in [-0.39, 0.29) is 5.91 Å². The van der Waals surface area contributed by atoms with Gasteiger partial charge in [-0.05, 0) is 24.8 Å². The van der Waals surface area contributed by atoms with Gasteiger partial charge in [-0.15, -0.1) is 0 Å². The molecule has 4 rings (SSSR count). The van der Waals surface area contributed by atoms with Gasteiger partial charge in [-0.25, -0.2) is 13.5 Å². The molecule has 0 bridgehead atoms. The van der Waals surface area contributed by atoms with Crippen molar-refractivity contribution in [3.05, 3.63) is 77.9 Å². The van der Waals surface area contributed by atoms with Crippen molar-refractivity contribution in [3.8, 4) is 0 Å². The van der Waals surface area contributed by atoms with Crippen LogP contribution < -0.4 is 5.32 Å². The minimum absolute atomic E-state index is 0.0507. The van der Waals surface area contributed by atoms with E-state index in [1.54, 1.807) is 6.26 Å². The highest BCUT2D eigenvalue weighted by atomic mass is 32.2. The first-order chi connectivity index (χ1) is 17.4. The quantitative estimate of drug-likeness (QED) is 0.535. The van der Waals surface area contributed by atoms with Crippen LogP contribution in [0, 0.1) is 18.8 Å². The van der Waals surface area contributed by atoms with Crippen LogP contribution in [0.5, 0.6) is 0 Å². The normalized spacial score (nSPS) is 23.6. The molecule has 0 saturated carbocycles. The molecule has 1 aliphatic heterocycles. The molecule has 1 aromatic carbocycles. The van der Waals surface area contributed by atoms with E-state index in [1.165, 1.54) is 11.1 Å². The molecule has 194 valence electrons. The van der Waals surface area contributed by atoms with Gasteiger partial charge in [-0.2, -0.15) is 0 Å². The zero-order chi connectivity index (χ0) is 25.5. The van der Waals surface area contributed by atoms with Crippen molar-refractivity contribution in [1.29, 1.82) is 0 Å². The molecular formula is C28H39N5O2S. The second-order valence-corrected chi connectivity index (χ2v) is 11.3. The fourth-order valence-corrected chi connectivity index (χ4v) is 5.82. The highest BCUT2D eigenvalue weighted by molar-refractivity contribution is 7.81. The maximum atomic E-state index is 13.2. The van der Waals surface area contributed by atoms with Crippen LogP contribution in [0.1, 0.15) is 23.7 Å². The van der Waals surface area contributed by atoms with Gasteiger partial charge in [0, 0.05) is 69.8 Å². The summed E-state index contributed by atoms with van der Waals surface area (Å²) in [6.07, 6.45) is 15.8. The predicted molar refractivity (Wildman–Crippen MR) is 146 cm³/mol. The number of benzene rings is 1. The van der Waals surface area contributed by atoms with E-state index >= 15 is 0 Å². The first-order valence-corrected chi connectivity index (χ1v) is 14.4. The van der Waals surface area contributed by atoms with E-state index in [0.717, 1.165) is 31.7 Å². The van der Waals surface area contributed by atoms with E-state index in [4.69, 9.17) is 0 Å². The summed E-state index contributed by atoms with van der Waals surface area (Å²) in [6, 6.07) is 8.21. The summed E-state index contributed by atoms with van der Waals surface area (Å²) in [5, 5.41) is 3.11. The Balaban J connectivity index is 1.29. The summed E-state index contributed by atoms with van der Waals surface area (Å²) in [5.41, 5.74) is 3.67. The van der Waals surface area contributed by atoms with Crippen molar-refractivity contribution in [2.75, 3.05) is 39.0 Å². The van der Waals surface area contributed by atoms with Gasteiger partial charge in [0.25, 0.3) is 0 Å². The molecule has 1 aromatic heterocycles. The molecule has 4 unspecified atom stereocenters.